The largest absolute Gasteiger partial charge is 0.354 e. The van der Waals surface area contributed by atoms with Crippen LogP contribution in [0.25, 0.3) is 21.3 Å². The van der Waals surface area contributed by atoms with Gasteiger partial charge < -0.3 is 5.32 Å². The third-order valence-electron chi connectivity index (χ3n) is 4.52. The SMILES string of the molecule is Cc1sc2ncn(CC(=O)NCC3CC3)c(=O)c2c1-c1ccccc1. The molecule has 0 saturated heterocycles. The van der Waals surface area contributed by atoms with Crippen molar-refractivity contribution < 1.29 is 4.79 Å². The normalized spacial score (nSPS) is 14.0. The van der Waals surface area contributed by atoms with E-state index in [4.69, 9.17) is 0 Å². The van der Waals surface area contributed by atoms with Crippen molar-refractivity contribution in [2.75, 3.05) is 6.54 Å². The summed E-state index contributed by atoms with van der Waals surface area (Å²) in [6.07, 6.45) is 3.84. The Bertz CT molecular complexity index is 987. The second-order valence-corrected chi connectivity index (χ2v) is 7.71. The molecule has 2 aromatic heterocycles. The highest BCUT2D eigenvalue weighted by atomic mass is 32.1. The summed E-state index contributed by atoms with van der Waals surface area (Å²) >= 11 is 1.51. The van der Waals surface area contributed by atoms with Crippen molar-refractivity contribution in [1.82, 2.24) is 14.9 Å². The Labute approximate surface area is 149 Å². The second-order valence-electron chi connectivity index (χ2n) is 6.50. The van der Waals surface area contributed by atoms with Crippen LogP contribution in [-0.2, 0) is 11.3 Å². The highest BCUT2D eigenvalue weighted by Gasteiger charge is 2.22. The Morgan fingerprint density at radius 2 is 2.08 bits per heavy atom. The average Bonchev–Trinajstić information content (AvgIpc) is 3.38. The Balaban J connectivity index is 1.71. The zero-order valence-corrected chi connectivity index (χ0v) is 14.8. The molecule has 1 fully saturated rings. The van der Waals surface area contributed by atoms with Crippen molar-refractivity contribution in [3.8, 4) is 11.1 Å². The molecule has 0 bridgehead atoms. The molecule has 0 radical (unpaired) electrons. The van der Waals surface area contributed by atoms with Crippen molar-refractivity contribution in [2.24, 2.45) is 5.92 Å². The minimum Gasteiger partial charge on any atom is -0.354 e. The molecular formula is C19H19N3O2S. The molecule has 0 aliphatic heterocycles. The van der Waals surface area contributed by atoms with Crippen molar-refractivity contribution in [3.05, 3.63) is 51.9 Å². The van der Waals surface area contributed by atoms with Crippen LogP contribution in [0.15, 0.2) is 41.5 Å². The molecule has 2 heterocycles. The number of hydrogen-bond acceptors (Lipinski definition) is 4. The molecule has 1 N–H and O–H groups in total. The molecule has 128 valence electrons. The first-order valence-electron chi connectivity index (χ1n) is 8.44. The predicted molar refractivity (Wildman–Crippen MR) is 99.8 cm³/mol. The standard InChI is InChI=1S/C19H19N3O2S/c1-12-16(14-5-3-2-4-6-14)17-18(25-12)21-11-22(19(17)24)10-15(23)20-9-13-7-8-13/h2-6,11,13H,7-10H2,1H3,(H,20,23). The van der Waals surface area contributed by atoms with E-state index in [2.05, 4.69) is 10.3 Å². The summed E-state index contributed by atoms with van der Waals surface area (Å²) in [6, 6.07) is 9.85. The fourth-order valence-corrected chi connectivity index (χ4v) is 4.00. The van der Waals surface area contributed by atoms with Gasteiger partial charge in [-0.25, -0.2) is 4.98 Å². The molecule has 3 aromatic rings. The molecule has 1 amide bonds. The summed E-state index contributed by atoms with van der Waals surface area (Å²) in [6.45, 7) is 2.72. The van der Waals surface area contributed by atoms with Crippen LogP contribution in [0.3, 0.4) is 0 Å². The molecule has 0 spiro atoms. The predicted octanol–water partition coefficient (Wildman–Crippen LogP) is 2.96. The van der Waals surface area contributed by atoms with Gasteiger partial charge in [0.05, 0.1) is 11.7 Å². The zero-order valence-electron chi connectivity index (χ0n) is 14.0. The minimum absolute atomic E-state index is 0.0115. The van der Waals surface area contributed by atoms with Crippen LogP contribution in [0.1, 0.15) is 17.7 Å². The molecule has 1 saturated carbocycles. The first-order chi connectivity index (χ1) is 12.1. The van der Waals surface area contributed by atoms with Crippen LogP contribution in [0.5, 0.6) is 0 Å². The maximum Gasteiger partial charge on any atom is 0.263 e. The Morgan fingerprint density at radius 1 is 1.32 bits per heavy atom. The lowest BCUT2D eigenvalue weighted by Crippen LogP contribution is -2.33. The van der Waals surface area contributed by atoms with Crippen LogP contribution < -0.4 is 10.9 Å². The first kappa shape index (κ1) is 16.0. The Hall–Kier alpha value is -2.47. The van der Waals surface area contributed by atoms with Gasteiger partial charge in [-0.2, -0.15) is 0 Å². The maximum atomic E-state index is 13.0. The van der Waals surface area contributed by atoms with Gasteiger partial charge in [-0.05, 0) is 31.2 Å². The number of carbonyl (C=O) groups excluding carboxylic acids is 1. The van der Waals surface area contributed by atoms with Gasteiger partial charge in [-0.15, -0.1) is 11.3 Å². The summed E-state index contributed by atoms with van der Waals surface area (Å²) in [5, 5.41) is 3.50. The van der Waals surface area contributed by atoms with Crippen LogP contribution in [0.4, 0.5) is 0 Å². The number of aryl methyl sites for hydroxylation is 1. The van der Waals surface area contributed by atoms with E-state index in [1.54, 1.807) is 0 Å². The van der Waals surface area contributed by atoms with Gasteiger partial charge in [0.15, 0.2) is 0 Å². The molecule has 6 heteroatoms. The summed E-state index contributed by atoms with van der Waals surface area (Å²) in [5.74, 6) is 0.480. The van der Waals surface area contributed by atoms with E-state index in [1.165, 1.54) is 35.1 Å². The molecule has 1 aliphatic carbocycles. The lowest BCUT2D eigenvalue weighted by molar-refractivity contribution is -0.121. The lowest BCUT2D eigenvalue weighted by atomic mass is 10.0. The van der Waals surface area contributed by atoms with Crippen LogP contribution >= 0.6 is 11.3 Å². The number of aromatic nitrogens is 2. The molecule has 4 rings (SSSR count). The summed E-state index contributed by atoms with van der Waals surface area (Å²) in [5.41, 5.74) is 1.77. The smallest absolute Gasteiger partial charge is 0.263 e. The molecule has 0 unspecified atom stereocenters. The van der Waals surface area contributed by atoms with Gasteiger partial charge in [-0.3, -0.25) is 14.2 Å². The zero-order chi connectivity index (χ0) is 17.4. The molecule has 5 nitrogen and oxygen atoms in total. The number of rotatable bonds is 5. The molecule has 1 aromatic carbocycles. The number of nitrogens with zero attached hydrogens (tertiary/aromatic N) is 2. The number of hydrogen-bond donors (Lipinski definition) is 1. The van der Waals surface area contributed by atoms with Crippen LogP contribution in [0.2, 0.25) is 0 Å². The maximum absolute atomic E-state index is 13.0. The van der Waals surface area contributed by atoms with Crippen molar-refractivity contribution in [1.29, 1.82) is 0 Å². The summed E-state index contributed by atoms with van der Waals surface area (Å²) < 4.78 is 1.41. The summed E-state index contributed by atoms with van der Waals surface area (Å²) in [4.78, 5) is 31.3. The van der Waals surface area contributed by atoms with Gasteiger partial charge in [0.25, 0.3) is 5.56 Å². The molecule has 1 aliphatic rings. The number of amides is 1. The number of nitrogens with one attached hydrogen (secondary N) is 1. The second kappa shape index (κ2) is 6.44. The number of thiophene rings is 1. The van der Waals surface area contributed by atoms with Gasteiger partial charge in [0.1, 0.15) is 11.4 Å². The van der Waals surface area contributed by atoms with Crippen molar-refractivity contribution in [3.63, 3.8) is 0 Å². The fraction of sp³-hybridized carbons (Fsp3) is 0.316. The van der Waals surface area contributed by atoms with Gasteiger partial charge in [-0.1, -0.05) is 30.3 Å². The topological polar surface area (TPSA) is 64.0 Å². The van der Waals surface area contributed by atoms with E-state index < -0.39 is 0 Å². The third-order valence-corrected chi connectivity index (χ3v) is 5.53. The average molecular weight is 353 g/mol. The van der Waals surface area contributed by atoms with E-state index in [1.807, 2.05) is 37.3 Å². The van der Waals surface area contributed by atoms with E-state index in [9.17, 15) is 9.59 Å². The monoisotopic (exact) mass is 353 g/mol. The highest BCUT2D eigenvalue weighted by Crippen LogP contribution is 2.35. The molecule has 25 heavy (non-hydrogen) atoms. The van der Waals surface area contributed by atoms with E-state index in [0.29, 0.717) is 17.8 Å². The molecular weight excluding hydrogens is 334 g/mol. The van der Waals surface area contributed by atoms with E-state index in [-0.39, 0.29) is 18.0 Å². The first-order valence-corrected chi connectivity index (χ1v) is 9.26. The van der Waals surface area contributed by atoms with E-state index >= 15 is 0 Å². The van der Waals surface area contributed by atoms with Crippen molar-refractivity contribution in [2.45, 2.75) is 26.3 Å². The molecule has 0 atom stereocenters. The summed E-state index contributed by atoms with van der Waals surface area (Å²) in [7, 11) is 0. The highest BCUT2D eigenvalue weighted by molar-refractivity contribution is 7.19. The van der Waals surface area contributed by atoms with Crippen LogP contribution in [0, 0.1) is 12.8 Å². The Morgan fingerprint density at radius 3 is 2.80 bits per heavy atom. The third kappa shape index (κ3) is 3.22. The number of carbonyl (C=O) groups is 1. The minimum atomic E-state index is -0.158. The number of fused-ring (bicyclic) bond motifs is 1. The quantitative estimate of drug-likeness (QED) is 0.767. The van der Waals surface area contributed by atoms with Gasteiger partial charge in [0, 0.05) is 17.0 Å². The van der Waals surface area contributed by atoms with E-state index in [0.717, 1.165) is 20.8 Å². The van der Waals surface area contributed by atoms with Gasteiger partial charge in [0.2, 0.25) is 5.91 Å². The lowest BCUT2D eigenvalue weighted by Gasteiger charge is -2.07. The number of benzene rings is 1. The van der Waals surface area contributed by atoms with Crippen LogP contribution in [-0.4, -0.2) is 22.0 Å². The fourth-order valence-electron chi connectivity index (χ4n) is 2.99. The van der Waals surface area contributed by atoms with Gasteiger partial charge >= 0.3 is 0 Å². The Kier molecular flexibility index (Phi) is 4.13. The van der Waals surface area contributed by atoms with Crippen molar-refractivity contribution >= 4 is 27.5 Å².